The molecule has 2 aromatic rings. The molecule has 4 rings (SSSR count). The van der Waals surface area contributed by atoms with Gasteiger partial charge in [-0.15, -0.1) is 11.8 Å². The third kappa shape index (κ3) is 6.52. The van der Waals surface area contributed by atoms with E-state index < -0.39 is 47.0 Å². The Morgan fingerprint density at radius 3 is 2.30 bits per heavy atom. The zero-order valence-corrected chi connectivity index (χ0v) is 24.1. The summed E-state index contributed by atoms with van der Waals surface area (Å²) < 4.78 is 20.8. The second-order valence-electron chi connectivity index (χ2n) is 9.40. The summed E-state index contributed by atoms with van der Waals surface area (Å²) in [5.41, 5.74) is -1.23. The Morgan fingerprint density at radius 1 is 1.05 bits per heavy atom. The topological polar surface area (TPSA) is 190 Å². The number of phenols is 1. The lowest BCUT2D eigenvalue weighted by atomic mass is 9.97. The Labute approximate surface area is 249 Å². The van der Waals surface area contributed by atoms with Crippen molar-refractivity contribution in [2.24, 2.45) is 0 Å². The minimum Gasteiger partial charge on any atom is -0.508 e. The van der Waals surface area contributed by atoms with Crippen molar-refractivity contribution in [1.29, 1.82) is 0 Å². The molecule has 0 radical (unpaired) electrons. The van der Waals surface area contributed by atoms with Crippen molar-refractivity contribution in [3.63, 3.8) is 0 Å². The smallest absolute Gasteiger partial charge is 0.408 e. The van der Waals surface area contributed by atoms with Gasteiger partial charge in [-0.1, -0.05) is 24.3 Å². The summed E-state index contributed by atoms with van der Waals surface area (Å²) in [6.07, 6.45) is -0.949. The van der Waals surface area contributed by atoms with Crippen LogP contribution >= 0.6 is 11.8 Å². The number of methoxy groups -OCH3 is 2. The number of nitrogens with zero attached hydrogens (tertiary/aromatic N) is 1. The van der Waals surface area contributed by atoms with Crippen LogP contribution in [0.5, 0.6) is 11.5 Å². The number of thioether (sulfide) groups is 1. The van der Waals surface area contributed by atoms with Gasteiger partial charge in [-0.05, 0) is 35.4 Å². The predicted molar refractivity (Wildman–Crippen MR) is 149 cm³/mol. The standard InChI is InChI=1S/C28H29N3O11S/c1-15(32)41-13-18-14-43-26-28(40-3,25(37)31(26)22(18)24(35)36)30-23(34)21(17-6-8-19(33)9-7-17)29-27(38)42-12-16-4-10-20(39-2)11-5-16/h4-11,21,26,33H,12-14H2,1-3H3,(H,29,38)(H,30,34)(H,35,36)/t21?,26-,28+/m1/s1. The van der Waals surface area contributed by atoms with Gasteiger partial charge in [0, 0.05) is 25.4 Å². The molecule has 228 valence electrons. The number of carboxylic acids is 1. The molecule has 0 aromatic heterocycles. The van der Waals surface area contributed by atoms with E-state index >= 15 is 0 Å². The van der Waals surface area contributed by atoms with Gasteiger partial charge in [0.05, 0.1) is 7.11 Å². The van der Waals surface area contributed by atoms with Crippen LogP contribution in [0.25, 0.3) is 0 Å². The molecule has 0 bridgehead atoms. The first kappa shape index (κ1) is 31.2. The number of benzene rings is 2. The number of aromatic hydroxyl groups is 1. The number of amides is 3. The monoisotopic (exact) mass is 615 g/mol. The Balaban J connectivity index is 1.53. The van der Waals surface area contributed by atoms with Crippen molar-refractivity contribution in [2.75, 3.05) is 26.6 Å². The van der Waals surface area contributed by atoms with Crippen molar-refractivity contribution < 1.29 is 53.1 Å². The first-order chi connectivity index (χ1) is 20.5. The van der Waals surface area contributed by atoms with E-state index in [0.29, 0.717) is 11.3 Å². The number of nitrogens with one attached hydrogen (secondary N) is 2. The normalized spacial score (nSPS) is 19.8. The van der Waals surface area contributed by atoms with Crippen LogP contribution in [-0.4, -0.2) is 82.6 Å². The van der Waals surface area contributed by atoms with Crippen molar-refractivity contribution in [3.05, 3.63) is 70.9 Å². The summed E-state index contributed by atoms with van der Waals surface area (Å²) in [5.74, 6) is -3.16. The number of alkyl carbamates (subject to hydrolysis) is 1. The van der Waals surface area contributed by atoms with Gasteiger partial charge in [-0.3, -0.25) is 19.3 Å². The molecule has 3 atom stereocenters. The van der Waals surface area contributed by atoms with Crippen molar-refractivity contribution in [3.8, 4) is 11.5 Å². The molecule has 0 saturated carbocycles. The van der Waals surface area contributed by atoms with Gasteiger partial charge in [0.1, 0.15) is 41.8 Å². The van der Waals surface area contributed by atoms with Gasteiger partial charge in [-0.2, -0.15) is 0 Å². The highest BCUT2D eigenvalue weighted by molar-refractivity contribution is 8.00. The largest absolute Gasteiger partial charge is 0.508 e. The van der Waals surface area contributed by atoms with Gasteiger partial charge in [-0.25, -0.2) is 9.59 Å². The van der Waals surface area contributed by atoms with E-state index in [9.17, 15) is 34.2 Å². The molecule has 1 saturated heterocycles. The molecule has 43 heavy (non-hydrogen) atoms. The molecule has 15 heteroatoms. The van der Waals surface area contributed by atoms with E-state index in [-0.39, 0.29) is 41.5 Å². The Kier molecular flexibility index (Phi) is 9.46. The lowest BCUT2D eigenvalue weighted by molar-refractivity contribution is -0.193. The number of rotatable bonds is 11. The molecule has 2 aliphatic heterocycles. The fourth-order valence-electron chi connectivity index (χ4n) is 4.50. The van der Waals surface area contributed by atoms with E-state index in [2.05, 4.69) is 10.6 Å². The fourth-order valence-corrected chi connectivity index (χ4v) is 5.92. The third-order valence-corrected chi connectivity index (χ3v) is 8.05. The number of carboxylic acid groups (broad SMARTS) is 1. The number of carbonyl (C=O) groups excluding carboxylic acids is 4. The molecule has 0 aliphatic carbocycles. The molecule has 4 N–H and O–H groups in total. The molecule has 2 aliphatic rings. The minimum atomic E-state index is -1.97. The SMILES string of the molecule is COc1ccc(COC(=O)NC(C(=O)N[C@]2(OC)C(=O)N3C(C(=O)O)=C(COC(C)=O)CS[C@@H]32)c2ccc(O)cc2)cc1. The number of carbonyl (C=O) groups is 5. The van der Waals surface area contributed by atoms with Crippen LogP contribution in [-0.2, 0) is 40.0 Å². The maximum absolute atomic E-state index is 13.6. The van der Waals surface area contributed by atoms with Crippen LogP contribution in [0.3, 0.4) is 0 Å². The van der Waals surface area contributed by atoms with E-state index in [1.165, 1.54) is 45.4 Å². The molecular formula is C28H29N3O11S. The van der Waals surface area contributed by atoms with Gasteiger partial charge >= 0.3 is 18.0 Å². The molecule has 14 nitrogen and oxygen atoms in total. The first-order valence-electron chi connectivity index (χ1n) is 12.8. The Hall–Kier alpha value is -4.76. The molecular weight excluding hydrogens is 586 g/mol. The van der Waals surface area contributed by atoms with Gasteiger partial charge < -0.3 is 39.8 Å². The van der Waals surface area contributed by atoms with Crippen LogP contribution in [0, 0.1) is 0 Å². The summed E-state index contributed by atoms with van der Waals surface area (Å²) in [6.45, 7) is 0.736. The summed E-state index contributed by atoms with van der Waals surface area (Å²) in [4.78, 5) is 64.2. The molecule has 0 spiro atoms. The van der Waals surface area contributed by atoms with Crippen LogP contribution < -0.4 is 15.4 Å². The number of phenolic OH excluding ortho intramolecular Hbond substituents is 1. The molecule has 1 unspecified atom stereocenters. The third-order valence-electron chi connectivity index (χ3n) is 6.67. The second-order valence-corrected chi connectivity index (χ2v) is 10.5. The lowest BCUT2D eigenvalue weighted by Crippen LogP contribution is -2.81. The van der Waals surface area contributed by atoms with Crippen molar-refractivity contribution in [2.45, 2.75) is 30.7 Å². The Morgan fingerprint density at radius 2 is 1.72 bits per heavy atom. The van der Waals surface area contributed by atoms with Crippen LogP contribution in [0.4, 0.5) is 4.79 Å². The highest BCUT2D eigenvalue weighted by atomic mass is 32.2. The Bertz CT molecular complexity index is 1440. The van der Waals surface area contributed by atoms with E-state index in [0.717, 1.165) is 16.7 Å². The molecule has 2 heterocycles. The number of aliphatic carboxylic acids is 1. The van der Waals surface area contributed by atoms with Gasteiger partial charge in [0.25, 0.3) is 11.6 Å². The van der Waals surface area contributed by atoms with Gasteiger partial charge in [0.15, 0.2) is 0 Å². The first-order valence-corrected chi connectivity index (χ1v) is 13.8. The summed E-state index contributed by atoms with van der Waals surface area (Å²) >= 11 is 1.10. The maximum atomic E-state index is 13.6. The van der Waals surface area contributed by atoms with Crippen molar-refractivity contribution >= 4 is 41.6 Å². The zero-order chi connectivity index (χ0) is 31.3. The molecule has 3 amide bonds. The highest BCUT2D eigenvalue weighted by Crippen LogP contribution is 2.46. The van der Waals surface area contributed by atoms with Crippen LogP contribution in [0.2, 0.25) is 0 Å². The number of fused-ring (bicyclic) bond motifs is 1. The number of esters is 1. The number of β-lactam (4-membered cyclic amide) rings is 1. The van der Waals surface area contributed by atoms with E-state index in [1.54, 1.807) is 24.3 Å². The maximum Gasteiger partial charge on any atom is 0.408 e. The van der Waals surface area contributed by atoms with Crippen LogP contribution in [0.1, 0.15) is 24.1 Å². The number of ether oxygens (including phenoxy) is 4. The van der Waals surface area contributed by atoms with Crippen molar-refractivity contribution in [1.82, 2.24) is 15.5 Å². The summed E-state index contributed by atoms with van der Waals surface area (Å²) in [5, 5.41) is 23.6. The highest BCUT2D eigenvalue weighted by Gasteiger charge is 2.67. The summed E-state index contributed by atoms with van der Waals surface area (Å²) in [6, 6.07) is 10.8. The second kappa shape index (κ2) is 13.0. The lowest BCUT2D eigenvalue weighted by Gasteiger charge is -2.55. The number of hydrogen-bond donors (Lipinski definition) is 4. The van der Waals surface area contributed by atoms with Crippen LogP contribution in [0.15, 0.2) is 59.8 Å². The van der Waals surface area contributed by atoms with E-state index in [1.807, 2.05) is 0 Å². The molecule has 1 fully saturated rings. The van der Waals surface area contributed by atoms with Gasteiger partial charge in [0.2, 0.25) is 5.91 Å². The average Bonchev–Trinajstić information content (AvgIpc) is 3.00. The minimum absolute atomic E-state index is 0.0711. The van der Waals surface area contributed by atoms with E-state index in [4.69, 9.17) is 18.9 Å². The fraction of sp³-hybridized carbons (Fsp3) is 0.321. The number of hydrogen-bond acceptors (Lipinski definition) is 11. The average molecular weight is 616 g/mol. The predicted octanol–water partition coefficient (Wildman–Crippen LogP) is 1.64. The summed E-state index contributed by atoms with van der Waals surface area (Å²) in [7, 11) is 2.70. The zero-order valence-electron chi connectivity index (χ0n) is 23.3. The molecule has 2 aromatic carbocycles. The quantitative estimate of drug-likeness (QED) is 0.163.